The van der Waals surface area contributed by atoms with Crippen LogP contribution in [-0.2, 0) is 27.7 Å². The molecule has 5 rings (SSSR count). The maximum Gasteiger partial charge on any atom is 0.416 e. The molecule has 3 aliphatic rings. The molecule has 1 aromatic heterocycles. The van der Waals surface area contributed by atoms with E-state index >= 15 is 0 Å². The molecule has 192 valence electrons. The van der Waals surface area contributed by atoms with Crippen molar-refractivity contribution in [2.24, 2.45) is 5.41 Å². The molecule has 35 heavy (non-hydrogen) atoms. The zero-order valence-electron chi connectivity index (χ0n) is 20.5. The van der Waals surface area contributed by atoms with Gasteiger partial charge in [0.25, 0.3) is 0 Å². The topological polar surface area (TPSA) is 51.6 Å². The molecular weight excluding hydrogens is 523 g/mol. The molecule has 4 nitrogen and oxygen atoms in total. The number of ether oxygens (including phenoxy) is 2. The van der Waals surface area contributed by atoms with Crippen LogP contribution in [0.1, 0.15) is 104 Å². The zero-order valence-corrected chi connectivity index (χ0v) is 22.3. The minimum Gasteiger partial charge on any atom is -0.388 e. The highest BCUT2D eigenvalue weighted by atomic mass is 79.9. The van der Waals surface area contributed by atoms with Crippen molar-refractivity contribution in [3.8, 4) is 0 Å². The summed E-state index contributed by atoms with van der Waals surface area (Å²) in [5.41, 5.74) is 3.68. The van der Waals surface area contributed by atoms with Crippen LogP contribution in [0, 0.1) is 5.41 Å². The molecule has 1 aromatic carbocycles. The number of pyridine rings is 1. The molecule has 0 bridgehead atoms. The Labute approximate surface area is 215 Å². The van der Waals surface area contributed by atoms with Crippen molar-refractivity contribution in [1.82, 2.24) is 4.98 Å². The first-order valence-corrected chi connectivity index (χ1v) is 12.1. The lowest BCUT2D eigenvalue weighted by Gasteiger charge is -2.40. The molecule has 1 fully saturated rings. The number of fused-ring (bicyclic) bond motifs is 4. The highest BCUT2D eigenvalue weighted by molar-refractivity contribution is 8.93. The summed E-state index contributed by atoms with van der Waals surface area (Å²) in [4.78, 5) is 5.08. The molecule has 1 unspecified atom stereocenters. The highest BCUT2D eigenvalue weighted by Crippen LogP contribution is 2.56. The van der Waals surface area contributed by atoms with E-state index in [4.69, 9.17) is 14.5 Å². The second-order valence-corrected chi connectivity index (χ2v) is 11.1. The van der Waals surface area contributed by atoms with Crippen LogP contribution < -0.4 is 0 Å². The van der Waals surface area contributed by atoms with Gasteiger partial charge in [0.15, 0.2) is 0 Å². The van der Waals surface area contributed by atoms with E-state index in [2.05, 4.69) is 27.7 Å². The van der Waals surface area contributed by atoms with E-state index in [1.165, 1.54) is 12.1 Å². The molecule has 1 N–H and O–H groups in total. The summed E-state index contributed by atoms with van der Waals surface area (Å²) >= 11 is 0. The van der Waals surface area contributed by atoms with Crippen molar-refractivity contribution in [2.45, 2.75) is 83.3 Å². The van der Waals surface area contributed by atoms with E-state index in [0.29, 0.717) is 25.2 Å². The predicted molar refractivity (Wildman–Crippen MR) is 132 cm³/mol. The Morgan fingerprint density at radius 2 is 1.80 bits per heavy atom. The van der Waals surface area contributed by atoms with Gasteiger partial charge in [-0.2, -0.15) is 13.2 Å². The van der Waals surface area contributed by atoms with Gasteiger partial charge in [0, 0.05) is 34.7 Å². The SMILES string of the molecule is Br.CC(C)c1nc2c(c3c1[C@@H](c1ccc(C(F)(F)F)cc1)OC31CCCOC1)[C@@H](O)CC(C)(C)C2. The fourth-order valence-corrected chi connectivity index (χ4v) is 6.01. The Balaban J connectivity index is 0.00000289. The van der Waals surface area contributed by atoms with Gasteiger partial charge < -0.3 is 14.6 Å². The molecule has 0 amide bonds. The summed E-state index contributed by atoms with van der Waals surface area (Å²) in [6, 6.07) is 5.23. The van der Waals surface area contributed by atoms with Gasteiger partial charge in [-0.3, -0.25) is 4.98 Å². The largest absolute Gasteiger partial charge is 0.416 e. The maximum absolute atomic E-state index is 13.2. The van der Waals surface area contributed by atoms with Gasteiger partial charge in [-0.25, -0.2) is 0 Å². The van der Waals surface area contributed by atoms with Crippen molar-refractivity contribution in [3.05, 3.63) is 63.5 Å². The molecule has 1 spiro atoms. The number of halogens is 4. The molecule has 0 saturated carbocycles. The second-order valence-electron chi connectivity index (χ2n) is 11.1. The van der Waals surface area contributed by atoms with Crippen LogP contribution in [0.3, 0.4) is 0 Å². The van der Waals surface area contributed by atoms with Crippen LogP contribution in [-0.4, -0.2) is 23.3 Å². The normalized spacial score (nSPS) is 27.5. The average Bonchev–Trinajstić information content (AvgIpc) is 3.06. The summed E-state index contributed by atoms with van der Waals surface area (Å²) in [6.45, 7) is 9.44. The molecule has 0 radical (unpaired) electrons. The van der Waals surface area contributed by atoms with Gasteiger partial charge in [0.2, 0.25) is 0 Å². The number of rotatable bonds is 2. The number of hydrogen-bond acceptors (Lipinski definition) is 4. The lowest BCUT2D eigenvalue weighted by Crippen LogP contribution is -2.39. The quantitative estimate of drug-likeness (QED) is 0.436. The second kappa shape index (κ2) is 9.12. The number of aliphatic hydroxyl groups is 1. The number of aromatic nitrogens is 1. The third kappa shape index (κ3) is 4.56. The number of alkyl halides is 3. The Morgan fingerprint density at radius 3 is 2.37 bits per heavy atom. The van der Waals surface area contributed by atoms with Crippen LogP contribution in [0.4, 0.5) is 13.2 Å². The smallest absolute Gasteiger partial charge is 0.388 e. The van der Waals surface area contributed by atoms with E-state index < -0.39 is 29.5 Å². The first-order valence-electron chi connectivity index (χ1n) is 12.1. The molecular formula is C27H33BrF3NO3. The zero-order chi connectivity index (χ0) is 24.5. The van der Waals surface area contributed by atoms with Crippen LogP contribution in [0.2, 0.25) is 0 Å². The highest BCUT2D eigenvalue weighted by Gasteiger charge is 2.52. The predicted octanol–water partition coefficient (Wildman–Crippen LogP) is 6.93. The molecule has 3 heterocycles. The number of nitrogens with zero attached hydrogens (tertiary/aromatic N) is 1. The van der Waals surface area contributed by atoms with E-state index in [1.807, 2.05) is 0 Å². The van der Waals surface area contributed by atoms with E-state index in [1.54, 1.807) is 0 Å². The van der Waals surface area contributed by atoms with Crippen molar-refractivity contribution in [1.29, 1.82) is 0 Å². The monoisotopic (exact) mass is 555 g/mol. The molecule has 8 heteroatoms. The van der Waals surface area contributed by atoms with E-state index in [9.17, 15) is 18.3 Å². The number of aliphatic hydroxyl groups excluding tert-OH is 1. The first kappa shape index (κ1) is 26.6. The summed E-state index contributed by atoms with van der Waals surface area (Å²) in [5.74, 6) is 0.0847. The van der Waals surface area contributed by atoms with Crippen LogP contribution in [0.5, 0.6) is 0 Å². The van der Waals surface area contributed by atoms with Gasteiger partial charge >= 0.3 is 6.18 Å². The minimum atomic E-state index is -4.40. The fraction of sp³-hybridized carbons (Fsp3) is 0.593. The van der Waals surface area contributed by atoms with E-state index in [-0.39, 0.29) is 28.3 Å². The van der Waals surface area contributed by atoms with Crippen molar-refractivity contribution in [2.75, 3.05) is 13.2 Å². The van der Waals surface area contributed by atoms with Gasteiger partial charge in [0.1, 0.15) is 11.7 Å². The maximum atomic E-state index is 13.2. The number of hydrogen-bond donors (Lipinski definition) is 1. The summed E-state index contributed by atoms with van der Waals surface area (Å²) in [5, 5.41) is 11.3. The van der Waals surface area contributed by atoms with Gasteiger partial charge in [-0.05, 0) is 54.7 Å². The Bertz CT molecular complexity index is 1090. The van der Waals surface area contributed by atoms with Crippen LogP contribution in [0.15, 0.2) is 24.3 Å². The van der Waals surface area contributed by atoms with E-state index in [0.717, 1.165) is 59.5 Å². The summed E-state index contributed by atoms with van der Waals surface area (Å²) in [6.07, 6.45) is -2.70. The first-order chi connectivity index (χ1) is 15.9. The molecule has 1 aliphatic carbocycles. The Hall–Kier alpha value is -1.48. The van der Waals surface area contributed by atoms with Crippen LogP contribution in [0.25, 0.3) is 0 Å². The van der Waals surface area contributed by atoms with Crippen molar-refractivity contribution >= 4 is 17.0 Å². The van der Waals surface area contributed by atoms with Gasteiger partial charge in [-0.1, -0.05) is 39.8 Å². The van der Waals surface area contributed by atoms with Gasteiger partial charge in [-0.15, -0.1) is 17.0 Å². The standard InChI is InChI=1S/C27H32F3NO3.BrH/c1-15(2)23-21-22(20-18(31-23)12-25(3,4)13-19(20)32)26(10-5-11-33-14-26)34-24(21)16-6-8-17(9-7-16)27(28,29)30;/h6-9,15,19,24,32H,5,10-14H2,1-4H3;1H/t19-,24+,26?;/m0./s1. The molecule has 2 aliphatic heterocycles. The third-order valence-corrected chi connectivity index (χ3v) is 7.46. The molecule has 2 aromatic rings. The molecule has 3 atom stereocenters. The van der Waals surface area contributed by atoms with Gasteiger partial charge in [0.05, 0.1) is 18.3 Å². The Kier molecular flexibility index (Phi) is 6.93. The van der Waals surface area contributed by atoms with Crippen molar-refractivity contribution in [3.63, 3.8) is 0 Å². The third-order valence-electron chi connectivity index (χ3n) is 7.46. The lowest BCUT2D eigenvalue weighted by molar-refractivity contribution is -0.140. The lowest BCUT2D eigenvalue weighted by atomic mass is 9.70. The van der Waals surface area contributed by atoms with Crippen molar-refractivity contribution < 1.29 is 27.8 Å². The Morgan fingerprint density at radius 1 is 1.11 bits per heavy atom. The number of benzene rings is 1. The molecule has 1 saturated heterocycles. The average molecular weight is 556 g/mol. The van der Waals surface area contributed by atoms with Crippen LogP contribution >= 0.6 is 17.0 Å². The minimum absolute atomic E-state index is 0. The summed E-state index contributed by atoms with van der Waals surface area (Å²) < 4.78 is 52.3. The summed E-state index contributed by atoms with van der Waals surface area (Å²) in [7, 11) is 0. The fourth-order valence-electron chi connectivity index (χ4n) is 6.01.